The zero-order valence-electron chi connectivity index (χ0n) is 11.6. The van der Waals surface area contributed by atoms with Gasteiger partial charge in [-0.15, -0.1) is 0 Å². The van der Waals surface area contributed by atoms with E-state index in [-0.39, 0.29) is 5.84 Å². The number of hydrogen-bond donors (Lipinski definition) is 2. The molecule has 0 radical (unpaired) electrons. The van der Waals surface area contributed by atoms with Crippen molar-refractivity contribution in [2.24, 2.45) is 10.9 Å². The zero-order chi connectivity index (χ0) is 14.5. The summed E-state index contributed by atoms with van der Waals surface area (Å²) in [5.41, 5.74) is 9.38. The molecule has 0 amide bonds. The minimum Gasteiger partial charge on any atom is -0.409 e. The van der Waals surface area contributed by atoms with Gasteiger partial charge in [-0.25, -0.2) is 0 Å². The van der Waals surface area contributed by atoms with Crippen LogP contribution < -0.4 is 10.6 Å². The summed E-state index contributed by atoms with van der Waals surface area (Å²) >= 11 is 0. The van der Waals surface area contributed by atoms with E-state index >= 15 is 0 Å². The van der Waals surface area contributed by atoms with Crippen LogP contribution in [-0.2, 0) is 6.54 Å². The van der Waals surface area contributed by atoms with Crippen molar-refractivity contribution in [1.29, 1.82) is 0 Å². The van der Waals surface area contributed by atoms with Crippen molar-refractivity contribution >= 4 is 11.5 Å². The summed E-state index contributed by atoms with van der Waals surface area (Å²) in [7, 11) is 1.95. The van der Waals surface area contributed by atoms with Crippen LogP contribution in [0.4, 0.5) is 5.69 Å². The second kappa shape index (κ2) is 6.06. The predicted octanol–water partition coefficient (Wildman–Crippen LogP) is 2.12. The lowest BCUT2D eigenvalue weighted by Gasteiger charge is -2.21. The molecule has 0 aliphatic carbocycles. The second-order valence-corrected chi connectivity index (χ2v) is 4.70. The molecule has 0 fully saturated rings. The number of aryl methyl sites for hydroxylation is 1. The van der Waals surface area contributed by atoms with Crippen molar-refractivity contribution in [2.45, 2.75) is 13.5 Å². The molecular weight excluding hydrogens is 252 g/mol. The lowest BCUT2D eigenvalue weighted by atomic mass is 10.1. The number of pyridine rings is 1. The molecule has 0 bridgehead atoms. The number of oxime groups is 1. The Bertz CT molecular complexity index is 608. The zero-order valence-corrected chi connectivity index (χ0v) is 11.6. The first-order valence-corrected chi connectivity index (χ1v) is 6.31. The molecule has 1 heterocycles. The molecule has 5 heteroatoms. The van der Waals surface area contributed by atoms with Crippen molar-refractivity contribution in [3.05, 3.63) is 59.4 Å². The standard InChI is InChI=1S/C15H18N4O/c1-11-5-7-12(8-6-11)10-19(2)13-4-3-9-17-14(13)15(16)18-20/h3-9,20H,10H2,1-2H3,(H2,16,18). The maximum atomic E-state index is 8.82. The molecule has 0 saturated heterocycles. The number of amidine groups is 1. The van der Waals surface area contributed by atoms with Gasteiger partial charge < -0.3 is 15.8 Å². The van der Waals surface area contributed by atoms with Gasteiger partial charge in [0.15, 0.2) is 5.84 Å². The van der Waals surface area contributed by atoms with E-state index in [1.54, 1.807) is 6.20 Å². The van der Waals surface area contributed by atoms with E-state index in [1.165, 1.54) is 11.1 Å². The minimum atomic E-state index is 0.0105. The largest absolute Gasteiger partial charge is 0.409 e. The van der Waals surface area contributed by atoms with E-state index < -0.39 is 0 Å². The molecule has 0 aliphatic heterocycles. The summed E-state index contributed by atoms with van der Waals surface area (Å²) < 4.78 is 0. The minimum absolute atomic E-state index is 0.0105. The Morgan fingerprint density at radius 3 is 2.65 bits per heavy atom. The Kier molecular flexibility index (Phi) is 4.20. The molecule has 0 unspecified atom stereocenters. The Hall–Kier alpha value is -2.56. The van der Waals surface area contributed by atoms with Crippen LogP contribution in [0.1, 0.15) is 16.8 Å². The first-order chi connectivity index (χ1) is 9.61. The van der Waals surface area contributed by atoms with Gasteiger partial charge in [0.25, 0.3) is 0 Å². The molecule has 0 aliphatic rings. The highest BCUT2D eigenvalue weighted by molar-refractivity contribution is 6.00. The van der Waals surface area contributed by atoms with Crippen LogP contribution in [-0.4, -0.2) is 23.1 Å². The van der Waals surface area contributed by atoms with Crippen molar-refractivity contribution in [1.82, 2.24) is 4.98 Å². The first kappa shape index (κ1) is 13.9. The Morgan fingerprint density at radius 2 is 2.00 bits per heavy atom. The van der Waals surface area contributed by atoms with E-state index in [2.05, 4.69) is 41.3 Å². The fourth-order valence-corrected chi connectivity index (χ4v) is 2.00. The number of aromatic nitrogens is 1. The van der Waals surface area contributed by atoms with E-state index in [4.69, 9.17) is 10.9 Å². The van der Waals surface area contributed by atoms with Crippen LogP contribution in [0.2, 0.25) is 0 Å². The highest BCUT2D eigenvalue weighted by Crippen LogP contribution is 2.19. The number of nitrogens with two attached hydrogens (primary N) is 1. The second-order valence-electron chi connectivity index (χ2n) is 4.70. The number of rotatable bonds is 4. The smallest absolute Gasteiger partial charge is 0.190 e. The third-order valence-electron chi connectivity index (χ3n) is 3.09. The van der Waals surface area contributed by atoms with Crippen molar-refractivity contribution in [3.8, 4) is 0 Å². The summed E-state index contributed by atoms with van der Waals surface area (Å²) in [5.74, 6) is 0.0105. The topological polar surface area (TPSA) is 74.7 Å². The van der Waals surface area contributed by atoms with Gasteiger partial charge >= 0.3 is 0 Å². The fraction of sp³-hybridized carbons (Fsp3) is 0.200. The van der Waals surface area contributed by atoms with Crippen molar-refractivity contribution < 1.29 is 5.21 Å². The third-order valence-corrected chi connectivity index (χ3v) is 3.09. The van der Waals surface area contributed by atoms with E-state index in [0.29, 0.717) is 5.69 Å². The normalized spacial score (nSPS) is 11.4. The summed E-state index contributed by atoms with van der Waals surface area (Å²) in [5, 5.41) is 11.8. The number of hydrogen-bond acceptors (Lipinski definition) is 4. The summed E-state index contributed by atoms with van der Waals surface area (Å²) in [6.45, 7) is 2.78. The van der Waals surface area contributed by atoms with Gasteiger partial charge in [0.2, 0.25) is 0 Å². The highest BCUT2D eigenvalue weighted by atomic mass is 16.4. The molecule has 1 aromatic heterocycles. The lowest BCUT2D eigenvalue weighted by molar-refractivity contribution is 0.318. The lowest BCUT2D eigenvalue weighted by Crippen LogP contribution is -2.23. The first-order valence-electron chi connectivity index (χ1n) is 6.31. The molecule has 2 aromatic rings. The maximum absolute atomic E-state index is 8.82. The van der Waals surface area contributed by atoms with Crippen molar-refractivity contribution in [3.63, 3.8) is 0 Å². The average Bonchev–Trinajstić information content (AvgIpc) is 2.48. The van der Waals surface area contributed by atoms with Crippen molar-refractivity contribution in [2.75, 3.05) is 11.9 Å². The van der Waals surface area contributed by atoms with E-state index in [0.717, 1.165) is 12.2 Å². The summed E-state index contributed by atoms with van der Waals surface area (Å²) in [4.78, 5) is 6.19. The molecule has 3 N–H and O–H groups in total. The molecule has 5 nitrogen and oxygen atoms in total. The maximum Gasteiger partial charge on any atom is 0.190 e. The highest BCUT2D eigenvalue weighted by Gasteiger charge is 2.12. The Labute approximate surface area is 118 Å². The van der Waals surface area contributed by atoms with Crippen LogP contribution in [0.5, 0.6) is 0 Å². The summed E-state index contributed by atoms with van der Waals surface area (Å²) in [6.07, 6.45) is 1.62. The third kappa shape index (κ3) is 3.06. The van der Waals surface area contributed by atoms with Gasteiger partial charge in [-0.2, -0.15) is 0 Å². The molecule has 0 atom stereocenters. The van der Waals surface area contributed by atoms with Gasteiger partial charge in [-0.3, -0.25) is 4.98 Å². The van der Waals surface area contributed by atoms with Crippen LogP contribution in [0, 0.1) is 6.92 Å². The van der Waals surface area contributed by atoms with Gasteiger partial charge in [0.1, 0.15) is 5.69 Å². The average molecular weight is 270 g/mol. The number of anilines is 1. The number of benzene rings is 1. The Balaban J connectivity index is 2.25. The molecule has 1 aromatic carbocycles. The van der Waals surface area contributed by atoms with E-state index in [9.17, 15) is 0 Å². The molecule has 104 valence electrons. The van der Waals surface area contributed by atoms with Gasteiger partial charge in [-0.05, 0) is 24.6 Å². The van der Waals surface area contributed by atoms with Gasteiger partial charge in [0.05, 0.1) is 5.69 Å². The van der Waals surface area contributed by atoms with Crippen LogP contribution >= 0.6 is 0 Å². The molecule has 0 saturated carbocycles. The van der Waals surface area contributed by atoms with Crippen LogP contribution in [0.15, 0.2) is 47.8 Å². The predicted molar refractivity (Wildman–Crippen MR) is 80.0 cm³/mol. The monoisotopic (exact) mass is 270 g/mol. The molecular formula is C15H18N4O. The van der Waals surface area contributed by atoms with Crippen LogP contribution in [0.3, 0.4) is 0 Å². The Morgan fingerprint density at radius 1 is 1.30 bits per heavy atom. The van der Waals surface area contributed by atoms with Gasteiger partial charge in [0, 0.05) is 19.8 Å². The summed E-state index contributed by atoms with van der Waals surface area (Å²) in [6, 6.07) is 12.1. The SMILES string of the molecule is Cc1ccc(CN(C)c2cccnc2/C(N)=N/O)cc1. The van der Waals surface area contributed by atoms with E-state index in [1.807, 2.05) is 24.1 Å². The molecule has 2 rings (SSSR count). The number of nitrogens with zero attached hydrogens (tertiary/aromatic N) is 3. The van der Waals surface area contributed by atoms with Gasteiger partial charge in [-0.1, -0.05) is 35.0 Å². The molecule has 20 heavy (non-hydrogen) atoms. The quantitative estimate of drug-likeness (QED) is 0.386. The van der Waals surface area contributed by atoms with Crippen LogP contribution in [0.25, 0.3) is 0 Å². The fourth-order valence-electron chi connectivity index (χ4n) is 2.00. The molecule has 0 spiro atoms.